The lowest BCUT2D eigenvalue weighted by Gasteiger charge is -2.28. The van der Waals surface area contributed by atoms with Gasteiger partial charge in [0.15, 0.2) is 5.83 Å². The van der Waals surface area contributed by atoms with Crippen LogP contribution in [0.4, 0.5) is 8.78 Å². The molecule has 0 nitrogen and oxygen atoms in total. The quantitative estimate of drug-likeness (QED) is 0.522. The third-order valence-electron chi connectivity index (χ3n) is 4.89. The standard InChI is InChI=1S/C20H28F2/c1-3-5-15-7-9-16(10-8-15)17-11-13-18(14-12-17)20(22)19(21)6-4-2/h11-16H,3-10H2,1-2H3. The molecule has 1 aromatic rings. The fourth-order valence-electron chi connectivity index (χ4n) is 3.58. The van der Waals surface area contributed by atoms with Crippen LogP contribution in [0.3, 0.4) is 0 Å². The second-order valence-corrected chi connectivity index (χ2v) is 6.60. The van der Waals surface area contributed by atoms with E-state index in [1.807, 2.05) is 19.1 Å². The predicted octanol–water partition coefficient (Wildman–Crippen LogP) is 7.17. The lowest BCUT2D eigenvalue weighted by molar-refractivity contribution is 0.308. The minimum atomic E-state index is -0.694. The minimum absolute atomic E-state index is 0.176. The highest BCUT2D eigenvalue weighted by Crippen LogP contribution is 2.38. The van der Waals surface area contributed by atoms with Crippen LogP contribution in [0.25, 0.3) is 5.83 Å². The fraction of sp³-hybridized carbons (Fsp3) is 0.600. The molecule has 0 radical (unpaired) electrons. The molecule has 1 fully saturated rings. The number of benzene rings is 1. The number of allylic oxidation sites excluding steroid dienone is 1. The van der Waals surface area contributed by atoms with Crippen molar-refractivity contribution in [2.24, 2.45) is 5.92 Å². The van der Waals surface area contributed by atoms with Crippen LogP contribution >= 0.6 is 0 Å². The van der Waals surface area contributed by atoms with Gasteiger partial charge in [-0.3, -0.25) is 0 Å². The van der Waals surface area contributed by atoms with Crippen molar-refractivity contribution >= 4 is 5.83 Å². The van der Waals surface area contributed by atoms with Crippen molar-refractivity contribution in [2.45, 2.75) is 71.1 Å². The Balaban J connectivity index is 1.99. The molecular weight excluding hydrogens is 278 g/mol. The van der Waals surface area contributed by atoms with Gasteiger partial charge in [-0.05, 0) is 49.5 Å². The molecule has 0 heterocycles. The zero-order valence-electron chi connectivity index (χ0n) is 13.9. The Bertz CT molecular complexity index is 479. The summed E-state index contributed by atoms with van der Waals surface area (Å²) in [4.78, 5) is 0. The van der Waals surface area contributed by atoms with Crippen molar-refractivity contribution in [3.05, 3.63) is 41.2 Å². The van der Waals surface area contributed by atoms with E-state index in [2.05, 4.69) is 6.92 Å². The van der Waals surface area contributed by atoms with Gasteiger partial charge in [0.25, 0.3) is 0 Å². The van der Waals surface area contributed by atoms with E-state index < -0.39 is 11.7 Å². The highest BCUT2D eigenvalue weighted by atomic mass is 19.2. The van der Waals surface area contributed by atoms with E-state index in [1.54, 1.807) is 12.1 Å². The summed E-state index contributed by atoms with van der Waals surface area (Å²) in [6.07, 6.45) is 8.49. The molecule has 122 valence electrons. The third-order valence-corrected chi connectivity index (χ3v) is 4.89. The Hall–Kier alpha value is -1.18. The molecule has 2 heteroatoms. The molecule has 0 bridgehead atoms. The van der Waals surface area contributed by atoms with Crippen molar-refractivity contribution in [2.75, 3.05) is 0 Å². The zero-order valence-corrected chi connectivity index (χ0v) is 13.9. The molecule has 1 aromatic carbocycles. The highest BCUT2D eigenvalue weighted by Gasteiger charge is 2.21. The first-order chi connectivity index (χ1) is 10.7. The topological polar surface area (TPSA) is 0 Å². The van der Waals surface area contributed by atoms with E-state index >= 15 is 0 Å². The maximum absolute atomic E-state index is 13.9. The van der Waals surface area contributed by atoms with Gasteiger partial charge in [-0.15, -0.1) is 0 Å². The number of hydrogen-bond acceptors (Lipinski definition) is 0. The second kappa shape index (κ2) is 8.45. The lowest BCUT2D eigenvalue weighted by atomic mass is 9.77. The predicted molar refractivity (Wildman–Crippen MR) is 90.1 cm³/mol. The maximum atomic E-state index is 13.9. The average Bonchev–Trinajstić information content (AvgIpc) is 2.55. The minimum Gasteiger partial charge on any atom is -0.209 e. The van der Waals surface area contributed by atoms with E-state index in [0.29, 0.717) is 17.9 Å². The van der Waals surface area contributed by atoms with Crippen molar-refractivity contribution in [3.8, 4) is 0 Å². The molecule has 1 aliphatic rings. The molecule has 0 unspecified atom stereocenters. The first-order valence-electron chi connectivity index (χ1n) is 8.80. The smallest absolute Gasteiger partial charge is 0.161 e. The van der Waals surface area contributed by atoms with Gasteiger partial charge in [-0.25, -0.2) is 8.78 Å². The third kappa shape index (κ3) is 4.41. The van der Waals surface area contributed by atoms with E-state index in [-0.39, 0.29) is 6.42 Å². The van der Waals surface area contributed by atoms with Crippen LogP contribution in [0.5, 0.6) is 0 Å². The van der Waals surface area contributed by atoms with Crippen LogP contribution in [0.2, 0.25) is 0 Å². The van der Waals surface area contributed by atoms with Gasteiger partial charge in [-0.2, -0.15) is 0 Å². The van der Waals surface area contributed by atoms with Gasteiger partial charge >= 0.3 is 0 Å². The van der Waals surface area contributed by atoms with Crippen molar-refractivity contribution in [1.82, 2.24) is 0 Å². The number of hydrogen-bond donors (Lipinski definition) is 0. The van der Waals surface area contributed by atoms with Crippen LogP contribution in [0, 0.1) is 5.92 Å². The van der Waals surface area contributed by atoms with Crippen LogP contribution in [0.15, 0.2) is 30.1 Å². The summed E-state index contributed by atoms with van der Waals surface area (Å²) in [7, 11) is 0. The molecule has 0 aromatic heterocycles. The van der Waals surface area contributed by atoms with Crippen LogP contribution in [-0.4, -0.2) is 0 Å². The SMILES string of the molecule is CCCC(F)=C(F)c1ccc(C2CCC(CCC)CC2)cc1. The second-order valence-electron chi connectivity index (χ2n) is 6.60. The number of rotatable bonds is 6. The monoisotopic (exact) mass is 306 g/mol. The molecule has 0 atom stereocenters. The molecule has 2 rings (SSSR count). The Kier molecular flexibility index (Phi) is 6.60. The first kappa shape index (κ1) is 17.2. The van der Waals surface area contributed by atoms with Crippen molar-refractivity contribution in [3.63, 3.8) is 0 Å². The summed E-state index contributed by atoms with van der Waals surface area (Å²) in [5.74, 6) is 0.161. The summed E-state index contributed by atoms with van der Waals surface area (Å²) in [6.45, 7) is 4.11. The lowest BCUT2D eigenvalue weighted by Crippen LogP contribution is -2.13. The summed E-state index contributed by atoms with van der Waals surface area (Å²) in [5, 5.41) is 0. The van der Waals surface area contributed by atoms with Gasteiger partial charge in [0, 0.05) is 12.0 Å². The average molecular weight is 306 g/mol. The van der Waals surface area contributed by atoms with Gasteiger partial charge in [0.1, 0.15) is 5.83 Å². The van der Waals surface area contributed by atoms with E-state index in [0.717, 1.165) is 5.92 Å². The molecule has 0 amide bonds. The van der Waals surface area contributed by atoms with Gasteiger partial charge < -0.3 is 0 Å². The maximum Gasteiger partial charge on any atom is 0.161 e. The van der Waals surface area contributed by atoms with Gasteiger partial charge in [-0.1, -0.05) is 51.0 Å². The molecule has 0 saturated heterocycles. The largest absolute Gasteiger partial charge is 0.209 e. The normalized spacial score (nSPS) is 23.3. The van der Waals surface area contributed by atoms with E-state index in [1.165, 1.54) is 44.1 Å². The summed E-state index contributed by atoms with van der Waals surface area (Å²) >= 11 is 0. The van der Waals surface area contributed by atoms with Crippen molar-refractivity contribution < 1.29 is 8.78 Å². The Morgan fingerprint density at radius 3 is 2.14 bits per heavy atom. The highest BCUT2D eigenvalue weighted by molar-refractivity contribution is 5.61. The molecule has 1 aliphatic carbocycles. The Morgan fingerprint density at radius 2 is 1.59 bits per heavy atom. The van der Waals surface area contributed by atoms with Gasteiger partial charge in [0.2, 0.25) is 0 Å². The van der Waals surface area contributed by atoms with Gasteiger partial charge in [0.05, 0.1) is 0 Å². The van der Waals surface area contributed by atoms with Crippen LogP contribution in [0.1, 0.15) is 82.3 Å². The fourth-order valence-corrected chi connectivity index (χ4v) is 3.58. The molecular formula is C20H28F2. The van der Waals surface area contributed by atoms with Crippen molar-refractivity contribution in [1.29, 1.82) is 0 Å². The summed E-state index contributed by atoms with van der Waals surface area (Å²) < 4.78 is 27.5. The molecule has 22 heavy (non-hydrogen) atoms. The number of halogens is 2. The molecule has 0 aliphatic heterocycles. The van der Waals surface area contributed by atoms with E-state index in [9.17, 15) is 8.78 Å². The molecule has 0 N–H and O–H groups in total. The summed E-state index contributed by atoms with van der Waals surface area (Å²) in [5.41, 5.74) is 1.65. The Morgan fingerprint density at radius 1 is 0.955 bits per heavy atom. The Labute approximate surface area is 133 Å². The summed E-state index contributed by atoms with van der Waals surface area (Å²) in [6, 6.07) is 7.44. The molecule has 1 saturated carbocycles. The van der Waals surface area contributed by atoms with E-state index in [4.69, 9.17) is 0 Å². The first-order valence-corrected chi connectivity index (χ1v) is 8.80. The molecule has 0 spiro atoms. The zero-order chi connectivity index (χ0) is 15.9. The van der Waals surface area contributed by atoms with Crippen LogP contribution < -0.4 is 0 Å². The van der Waals surface area contributed by atoms with Crippen LogP contribution in [-0.2, 0) is 0 Å².